The lowest BCUT2D eigenvalue weighted by atomic mass is 10.1. The topological polar surface area (TPSA) is 84.7 Å². The summed E-state index contributed by atoms with van der Waals surface area (Å²) in [7, 11) is -3.21. The van der Waals surface area contributed by atoms with Crippen molar-refractivity contribution in [3.8, 4) is 0 Å². The number of amides is 1. The molecule has 0 saturated carbocycles. The largest absolute Gasteiger partial charge is 0.451 e. The van der Waals surface area contributed by atoms with Gasteiger partial charge in [0.05, 0.1) is 16.9 Å². The normalized spacial score (nSPS) is 17.9. The van der Waals surface area contributed by atoms with Crippen LogP contribution in [0.25, 0.3) is 11.0 Å². The fourth-order valence-corrected chi connectivity index (χ4v) is 5.54. The molecule has 3 aromatic rings. The Hall–Kier alpha value is -2.64. The van der Waals surface area contributed by atoms with Crippen LogP contribution in [-0.4, -0.2) is 36.8 Å². The van der Waals surface area contributed by atoms with Crippen LogP contribution >= 0.6 is 11.6 Å². The summed E-state index contributed by atoms with van der Waals surface area (Å²) in [5, 5.41) is 0.959. The fraction of sp³-hybridized carbons (Fsp3) is 0.273. The summed E-state index contributed by atoms with van der Waals surface area (Å²) in [6.45, 7) is 2.05. The Labute approximate surface area is 179 Å². The Bertz CT molecular complexity index is 1280. The van der Waals surface area contributed by atoms with Crippen molar-refractivity contribution in [2.75, 3.05) is 11.5 Å². The number of carbonyl (C=O) groups is 1. The molecular weight excluding hydrogens is 426 g/mol. The summed E-state index contributed by atoms with van der Waals surface area (Å²) in [5.74, 6) is -0.685. The van der Waals surface area contributed by atoms with Crippen LogP contribution in [-0.2, 0) is 16.4 Å². The van der Waals surface area contributed by atoms with E-state index in [2.05, 4.69) is 0 Å². The number of rotatable bonds is 4. The molecule has 1 amide bonds. The number of nitrogens with zero attached hydrogens (tertiary/aromatic N) is 1. The monoisotopic (exact) mass is 445 g/mol. The molecule has 1 atom stereocenters. The standard InChI is InChI=1S/C22H20ClNO5S/c1-14-2-7-18-19(25)11-21(29-20(18)10-14)22(26)24(17-8-9-30(27,28)13-17)12-15-3-5-16(23)6-4-15/h2-7,10-11,17H,8-9,12-13H2,1H3/t17-/m1/s1. The van der Waals surface area contributed by atoms with Gasteiger partial charge >= 0.3 is 0 Å². The number of hydrogen-bond acceptors (Lipinski definition) is 5. The zero-order chi connectivity index (χ0) is 21.5. The van der Waals surface area contributed by atoms with Crippen LogP contribution < -0.4 is 5.43 Å². The number of carbonyl (C=O) groups excluding carboxylic acids is 1. The van der Waals surface area contributed by atoms with E-state index < -0.39 is 21.8 Å². The maximum Gasteiger partial charge on any atom is 0.290 e. The van der Waals surface area contributed by atoms with Gasteiger partial charge in [0, 0.05) is 23.7 Å². The molecule has 1 fully saturated rings. The summed E-state index contributed by atoms with van der Waals surface area (Å²) in [4.78, 5) is 27.4. The smallest absolute Gasteiger partial charge is 0.290 e. The van der Waals surface area contributed by atoms with Crippen LogP contribution in [0.2, 0.25) is 5.02 Å². The van der Waals surface area contributed by atoms with Crippen LogP contribution in [0.4, 0.5) is 0 Å². The van der Waals surface area contributed by atoms with E-state index in [0.717, 1.165) is 11.1 Å². The highest BCUT2D eigenvalue weighted by Gasteiger charge is 2.36. The first-order chi connectivity index (χ1) is 14.2. The van der Waals surface area contributed by atoms with Crippen molar-refractivity contribution >= 4 is 38.3 Å². The number of halogens is 1. The third kappa shape index (κ3) is 4.27. The minimum absolute atomic E-state index is 0.0307. The van der Waals surface area contributed by atoms with E-state index in [1.54, 1.807) is 42.5 Å². The van der Waals surface area contributed by atoms with Crippen molar-refractivity contribution in [3.63, 3.8) is 0 Å². The summed E-state index contributed by atoms with van der Waals surface area (Å²) in [5.41, 5.74) is 1.72. The first-order valence-electron chi connectivity index (χ1n) is 9.52. The van der Waals surface area contributed by atoms with Gasteiger partial charge in [-0.25, -0.2) is 8.42 Å². The third-order valence-corrected chi connectivity index (χ3v) is 7.27. The molecule has 0 N–H and O–H groups in total. The average Bonchev–Trinajstić information content (AvgIpc) is 3.06. The summed E-state index contributed by atoms with van der Waals surface area (Å²) < 4.78 is 29.9. The Morgan fingerprint density at radius 1 is 1.17 bits per heavy atom. The van der Waals surface area contributed by atoms with E-state index in [9.17, 15) is 18.0 Å². The van der Waals surface area contributed by atoms with Crippen LogP contribution in [0.3, 0.4) is 0 Å². The minimum atomic E-state index is -3.21. The highest BCUT2D eigenvalue weighted by molar-refractivity contribution is 7.91. The lowest BCUT2D eigenvalue weighted by Gasteiger charge is -2.28. The second kappa shape index (κ2) is 7.89. The second-order valence-corrected chi connectivity index (χ2v) is 10.3. The number of hydrogen-bond donors (Lipinski definition) is 0. The molecule has 4 rings (SSSR count). The number of fused-ring (bicyclic) bond motifs is 1. The van der Waals surface area contributed by atoms with Crippen molar-refractivity contribution in [3.05, 3.63) is 80.7 Å². The van der Waals surface area contributed by atoms with Gasteiger partial charge in [-0.15, -0.1) is 0 Å². The van der Waals surface area contributed by atoms with Gasteiger partial charge in [0.15, 0.2) is 21.0 Å². The Morgan fingerprint density at radius 2 is 1.90 bits per heavy atom. The predicted molar refractivity (Wildman–Crippen MR) is 116 cm³/mol. The van der Waals surface area contributed by atoms with Gasteiger partial charge in [0.2, 0.25) is 0 Å². The summed E-state index contributed by atoms with van der Waals surface area (Å²) in [6, 6.07) is 12.9. The zero-order valence-electron chi connectivity index (χ0n) is 16.3. The van der Waals surface area contributed by atoms with Crippen LogP contribution in [0, 0.1) is 6.92 Å². The number of aryl methyl sites for hydroxylation is 1. The molecule has 1 aliphatic rings. The maximum atomic E-state index is 13.4. The molecule has 0 radical (unpaired) electrons. The predicted octanol–water partition coefficient (Wildman–Crippen LogP) is 3.58. The molecule has 0 unspecified atom stereocenters. The van der Waals surface area contributed by atoms with Gasteiger partial charge in [-0.3, -0.25) is 9.59 Å². The molecule has 156 valence electrons. The first kappa shape index (κ1) is 20.6. The highest BCUT2D eigenvalue weighted by atomic mass is 35.5. The molecule has 2 heterocycles. The molecular formula is C22H20ClNO5S. The van der Waals surface area contributed by atoms with Gasteiger partial charge in [-0.2, -0.15) is 0 Å². The molecule has 8 heteroatoms. The Morgan fingerprint density at radius 3 is 2.57 bits per heavy atom. The Kier molecular flexibility index (Phi) is 5.42. The second-order valence-electron chi connectivity index (χ2n) is 7.59. The highest BCUT2D eigenvalue weighted by Crippen LogP contribution is 2.24. The lowest BCUT2D eigenvalue weighted by Crippen LogP contribution is -2.40. The molecule has 1 saturated heterocycles. The summed E-state index contributed by atoms with van der Waals surface area (Å²) in [6.07, 6.45) is 0.346. The van der Waals surface area contributed by atoms with Crippen molar-refractivity contribution in [1.82, 2.24) is 4.90 Å². The molecule has 2 aromatic carbocycles. The quantitative estimate of drug-likeness (QED) is 0.612. The molecule has 0 bridgehead atoms. The molecule has 30 heavy (non-hydrogen) atoms. The number of benzene rings is 2. The van der Waals surface area contributed by atoms with E-state index in [0.29, 0.717) is 22.4 Å². The van der Waals surface area contributed by atoms with Crippen LogP contribution in [0.5, 0.6) is 0 Å². The molecule has 0 aliphatic carbocycles. The van der Waals surface area contributed by atoms with E-state index in [4.69, 9.17) is 16.0 Å². The minimum Gasteiger partial charge on any atom is -0.451 e. The third-order valence-electron chi connectivity index (χ3n) is 5.27. The van der Waals surface area contributed by atoms with Crippen molar-refractivity contribution in [2.24, 2.45) is 0 Å². The van der Waals surface area contributed by atoms with E-state index in [1.807, 2.05) is 6.92 Å². The maximum absolute atomic E-state index is 13.4. The molecule has 6 nitrogen and oxygen atoms in total. The fourth-order valence-electron chi connectivity index (χ4n) is 3.68. The average molecular weight is 446 g/mol. The van der Waals surface area contributed by atoms with Crippen molar-refractivity contribution in [1.29, 1.82) is 0 Å². The van der Waals surface area contributed by atoms with E-state index in [-0.39, 0.29) is 29.2 Å². The van der Waals surface area contributed by atoms with Crippen molar-refractivity contribution in [2.45, 2.75) is 25.9 Å². The van der Waals surface area contributed by atoms with Crippen molar-refractivity contribution < 1.29 is 17.6 Å². The number of sulfone groups is 1. The van der Waals surface area contributed by atoms with E-state index >= 15 is 0 Å². The first-order valence-corrected chi connectivity index (χ1v) is 11.7. The van der Waals surface area contributed by atoms with Crippen LogP contribution in [0.15, 0.2) is 57.7 Å². The molecule has 1 aromatic heterocycles. The lowest BCUT2D eigenvalue weighted by molar-refractivity contribution is 0.0648. The molecule has 0 spiro atoms. The SMILES string of the molecule is Cc1ccc2c(=O)cc(C(=O)N(Cc3ccc(Cl)cc3)[C@@H]3CCS(=O)(=O)C3)oc2c1. The van der Waals surface area contributed by atoms with Gasteiger partial charge in [0.25, 0.3) is 5.91 Å². The zero-order valence-corrected chi connectivity index (χ0v) is 17.9. The van der Waals surface area contributed by atoms with Crippen LogP contribution in [0.1, 0.15) is 28.1 Å². The Balaban J connectivity index is 1.74. The van der Waals surface area contributed by atoms with Gasteiger partial charge in [0.1, 0.15) is 5.58 Å². The van der Waals surface area contributed by atoms with Gasteiger partial charge in [-0.05, 0) is 48.7 Å². The molecule has 1 aliphatic heterocycles. The van der Waals surface area contributed by atoms with Gasteiger partial charge < -0.3 is 9.32 Å². The van der Waals surface area contributed by atoms with Gasteiger partial charge in [-0.1, -0.05) is 29.8 Å². The van der Waals surface area contributed by atoms with E-state index in [1.165, 1.54) is 11.0 Å². The summed E-state index contributed by atoms with van der Waals surface area (Å²) >= 11 is 5.95.